The van der Waals surface area contributed by atoms with E-state index in [4.69, 9.17) is 14.6 Å². The van der Waals surface area contributed by atoms with Gasteiger partial charge in [-0.2, -0.15) is 17.5 Å². The zero-order valence-electron chi connectivity index (χ0n) is 25.6. The standard InChI is InChI=1S/C27H35N5O4S2.C2HF3O2/c1-19-13-23(36-5)14-20(2)25(19)38(34,35)31(4)18-24-28-29-26(37-24)27(33)30(3)16-21-9-8-10-22(15-21)17-32-11-6-7-12-32;3-2(4,5)1(6)7/h8-10,13-15H,6-7,11-12,16-18H2,1-5H3;(H,6,7). The summed E-state index contributed by atoms with van der Waals surface area (Å²) in [5.74, 6) is -2.39. The first-order valence-corrected chi connectivity index (χ1v) is 16.1. The third-order valence-corrected chi connectivity index (χ3v) is 9.96. The van der Waals surface area contributed by atoms with Crippen molar-refractivity contribution < 1.29 is 41.0 Å². The smallest absolute Gasteiger partial charge is 0.490 e. The average Bonchev–Trinajstić information content (AvgIpc) is 3.64. The summed E-state index contributed by atoms with van der Waals surface area (Å²) in [6.07, 6.45) is -2.58. The van der Waals surface area contributed by atoms with E-state index < -0.39 is 22.2 Å². The van der Waals surface area contributed by atoms with Crippen LogP contribution in [0, 0.1) is 13.8 Å². The predicted octanol–water partition coefficient (Wildman–Crippen LogP) is 4.49. The fraction of sp³-hybridized carbons (Fsp3) is 0.448. The molecule has 246 valence electrons. The Morgan fingerprint density at radius 3 is 2.16 bits per heavy atom. The molecule has 1 aliphatic rings. The quantitative estimate of drug-likeness (QED) is 0.331. The van der Waals surface area contributed by atoms with Crippen LogP contribution < -0.4 is 4.74 Å². The van der Waals surface area contributed by atoms with Gasteiger partial charge in [-0.15, -0.1) is 10.2 Å². The topological polar surface area (TPSA) is 133 Å². The van der Waals surface area contributed by atoms with E-state index in [0.29, 0.717) is 28.4 Å². The summed E-state index contributed by atoms with van der Waals surface area (Å²) < 4.78 is 64.9. The maximum Gasteiger partial charge on any atom is 0.490 e. The second kappa shape index (κ2) is 15.1. The van der Waals surface area contributed by atoms with Gasteiger partial charge in [-0.1, -0.05) is 35.6 Å². The van der Waals surface area contributed by atoms with Gasteiger partial charge < -0.3 is 14.7 Å². The number of aromatic nitrogens is 2. The molecule has 0 radical (unpaired) electrons. The number of carbonyl (C=O) groups excluding carboxylic acids is 1. The molecule has 0 spiro atoms. The van der Waals surface area contributed by atoms with Crippen molar-refractivity contribution in [2.45, 2.75) is 57.4 Å². The molecular formula is C29H36F3N5O6S2. The van der Waals surface area contributed by atoms with Gasteiger partial charge in [0.05, 0.1) is 18.6 Å². The highest BCUT2D eigenvalue weighted by molar-refractivity contribution is 7.89. The van der Waals surface area contributed by atoms with E-state index in [0.717, 1.165) is 36.5 Å². The Hall–Kier alpha value is -3.60. The average molecular weight is 672 g/mol. The number of alkyl halides is 3. The van der Waals surface area contributed by atoms with Crippen LogP contribution in [0.4, 0.5) is 13.2 Å². The van der Waals surface area contributed by atoms with Gasteiger partial charge in [0.2, 0.25) is 15.0 Å². The van der Waals surface area contributed by atoms with Crippen molar-refractivity contribution in [3.05, 3.63) is 68.7 Å². The Bertz CT molecular complexity index is 1580. The molecule has 1 aliphatic heterocycles. The lowest BCUT2D eigenvalue weighted by atomic mass is 10.1. The Labute approximate surface area is 264 Å². The van der Waals surface area contributed by atoms with Crippen molar-refractivity contribution in [2.24, 2.45) is 0 Å². The molecule has 1 saturated heterocycles. The monoisotopic (exact) mass is 671 g/mol. The molecule has 0 saturated carbocycles. The minimum absolute atomic E-state index is 0.0143. The zero-order valence-corrected chi connectivity index (χ0v) is 27.2. The lowest BCUT2D eigenvalue weighted by Crippen LogP contribution is -2.27. The number of carbonyl (C=O) groups is 2. The van der Waals surface area contributed by atoms with Crippen LogP contribution in [0.25, 0.3) is 0 Å². The minimum atomic E-state index is -5.08. The lowest BCUT2D eigenvalue weighted by molar-refractivity contribution is -0.192. The second-order valence-electron chi connectivity index (χ2n) is 10.6. The molecule has 2 heterocycles. The first kappa shape index (κ1) is 35.9. The highest BCUT2D eigenvalue weighted by Gasteiger charge is 2.38. The number of aliphatic carboxylic acids is 1. The molecule has 1 aromatic heterocycles. The number of sulfonamides is 1. The molecule has 16 heteroatoms. The number of aryl methyl sites for hydroxylation is 2. The fourth-order valence-electron chi connectivity index (χ4n) is 4.80. The summed E-state index contributed by atoms with van der Waals surface area (Å²) in [7, 11) is 1.00. The molecule has 4 rings (SSSR count). The first-order chi connectivity index (χ1) is 21.0. The Morgan fingerprint density at radius 2 is 1.60 bits per heavy atom. The van der Waals surface area contributed by atoms with Gasteiger partial charge in [-0.05, 0) is 74.2 Å². The maximum absolute atomic E-state index is 13.3. The van der Waals surface area contributed by atoms with Gasteiger partial charge >= 0.3 is 12.1 Å². The van der Waals surface area contributed by atoms with E-state index in [1.165, 1.54) is 29.8 Å². The number of hydrogen-bond donors (Lipinski definition) is 1. The Balaban J connectivity index is 0.000000707. The number of ether oxygens (including phenoxy) is 1. The lowest BCUT2D eigenvalue weighted by Gasteiger charge is -2.19. The third kappa shape index (κ3) is 9.69. The van der Waals surface area contributed by atoms with Crippen LogP contribution in [0.3, 0.4) is 0 Å². The number of carboxylic acids is 1. The molecule has 1 N–H and O–H groups in total. The molecule has 1 fully saturated rings. The highest BCUT2D eigenvalue weighted by atomic mass is 32.2. The van der Waals surface area contributed by atoms with E-state index in [1.807, 2.05) is 12.1 Å². The third-order valence-electron chi connectivity index (χ3n) is 6.95. The van der Waals surface area contributed by atoms with E-state index in [9.17, 15) is 26.4 Å². The molecule has 45 heavy (non-hydrogen) atoms. The van der Waals surface area contributed by atoms with Crippen LogP contribution in [0.2, 0.25) is 0 Å². The number of nitrogens with zero attached hydrogens (tertiary/aromatic N) is 5. The molecule has 0 unspecified atom stereocenters. The fourth-order valence-corrected chi connectivity index (χ4v) is 7.31. The van der Waals surface area contributed by atoms with Crippen molar-refractivity contribution in [1.82, 2.24) is 24.3 Å². The van der Waals surface area contributed by atoms with Crippen LogP contribution in [0.1, 0.15) is 49.9 Å². The van der Waals surface area contributed by atoms with Gasteiger partial charge in [0.25, 0.3) is 5.91 Å². The molecule has 0 bridgehead atoms. The number of rotatable bonds is 10. The molecular weight excluding hydrogens is 635 g/mol. The van der Waals surface area contributed by atoms with Crippen molar-refractivity contribution in [1.29, 1.82) is 0 Å². The Morgan fingerprint density at radius 1 is 1.02 bits per heavy atom. The number of benzene rings is 2. The van der Waals surface area contributed by atoms with Gasteiger partial charge in [-0.3, -0.25) is 9.69 Å². The van der Waals surface area contributed by atoms with Gasteiger partial charge in [0, 0.05) is 27.2 Å². The van der Waals surface area contributed by atoms with E-state index in [1.54, 1.807) is 45.0 Å². The number of methoxy groups -OCH3 is 1. The van der Waals surface area contributed by atoms with Crippen molar-refractivity contribution in [2.75, 3.05) is 34.3 Å². The SMILES string of the molecule is COc1cc(C)c(S(=O)(=O)N(C)Cc2nnc(C(=O)N(C)Cc3cccc(CN4CCCC4)c3)s2)c(C)c1.O=C(O)C(F)(F)F. The summed E-state index contributed by atoms with van der Waals surface area (Å²) in [6, 6.07) is 11.7. The number of carboxylic acid groups (broad SMARTS) is 1. The van der Waals surface area contributed by atoms with Crippen LogP contribution in [0.15, 0.2) is 41.3 Å². The summed E-state index contributed by atoms with van der Waals surface area (Å²) in [6.45, 7) is 7.16. The number of halogens is 3. The maximum atomic E-state index is 13.3. The normalized spacial score (nSPS) is 13.8. The highest BCUT2D eigenvalue weighted by Crippen LogP contribution is 2.29. The zero-order chi connectivity index (χ0) is 33.5. The number of amides is 1. The number of likely N-dealkylation sites (tertiary alicyclic amines) is 1. The van der Waals surface area contributed by atoms with Crippen LogP contribution in [0.5, 0.6) is 5.75 Å². The van der Waals surface area contributed by atoms with Gasteiger partial charge in [0.15, 0.2) is 0 Å². The van der Waals surface area contributed by atoms with Crippen molar-refractivity contribution in [3.63, 3.8) is 0 Å². The van der Waals surface area contributed by atoms with Crippen LogP contribution in [-0.4, -0.2) is 90.2 Å². The van der Waals surface area contributed by atoms with Crippen LogP contribution in [-0.2, 0) is 34.5 Å². The summed E-state index contributed by atoms with van der Waals surface area (Å²) in [4.78, 5) is 26.3. The largest absolute Gasteiger partial charge is 0.497 e. The van der Waals surface area contributed by atoms with Gasteiger partial charge in [0.1, 0.15) is 10.8 Å². The molecule has 0 aliphatic carbocycles. The van der Waals surface area contributed by atoms with Crippen molar-refractivity contribution in [3.8, 4) is 5.75 Å². The Kier molecular flexibility index (Phi) is 12.1. The first-order valence-electron chi connectivity index (χ1n) is 13.8. The molecule has 11 nitrogen and oxygen atoms in total. The van der Waals surface area contributed by atoms with E-state index in [2.05, 4.69) is 27.2 Å². The minimum Gasteiger partial charge on any atom is -0.497 e. The summed E-state index contributed by atoms with van der Waals surface area (Å²) in [5.41, 5.74) is 3.51. The molecule has 2 aromatic carbocycles. The van der Waals surface area contributed by atoms with E-state index >= 15 is 0 Å². The summed E-state index contributed by atoms with van der Waals surface area (Å²) >= 11 is 1.11. The van der Waals surface area contributed by atoms with Crippen molar-refractivity contribution >= 4 is 33.2 Å². The summed E-state index contributed by atoms with van der Waals surface area (Å²) in [5, 5.41) is 16.0. The van der Waals surface area contributed by atoms with E-state index in [-0.39, 0.29) is 22.4 Å². The van der Waals surface area contributed by atoms with Crippen LogP contribution >= 0.6 is 11.3 Å². The predicted molar refractivity (Wildman–Crippen MR) is 161 cm³/mol. The molecule has 3 aromatic rings. The molecule has 1 amide bonds. The van der Waals surface area contributed by atoms with Gasteiger partial charge in [-0.25, -0.2) is 13.2 Å². The second-order valence-corrected chi connectivity index (χ2v) is 13.7. The number of hydrogen-bond acceptors (Lipinski definition) is 9. The molecule has 0 atom stereocenters.